The summed E-state index contributed by atoms with van der Waals surface area (Å²) in [4.78, 5) is 13.1. The Morgan fingerprint density at radius 2 is 2.23 bits per heavy atom. The van der Waals surface area contributed by atoms with Crippen LogP contribution >= 0.6 is 0 Å². The highest BCUT2D eigenvalue weighted by Gasteiger charge is 2.10. The molecule has 0 fully saturated rings. The molecule has 2 nitrogen and oxygen atoms in total. The van der Waals surface area contributed by atoms with Gasteiger partial charge in [-0.05, 0) is 18.6 Å². The lowest BCUT2D eigenvalue weighted by molar-refractivity contribution is 0.111. The van der Waals surface area contributed by atoms with E-state index in [4.69, 9.17) is 0 Å². The molecular formula is C10H10FNO. The van der Waals surface area contributed by atoms with Crippen LogP contribution in [0.5, 0.6) is 0 Å². The Bertz CT molecular complexity index is 345. The number of carbonyl (C=O) groups excluding carboxylic acids is 1. The molecule has 1 heterocycles. The van der Waals surface area contributed by atoms with Gasteiger partial charge in [0.15, 0.2) is 6.29 Å². The third-order valence-corrected chi connectivity index (χ3v) is 1.68. The van der Waals surface area contributed by atoms with E-state index in [1.54, 1.807) is 6.92 Å². The topological polar surface area (TPSA) is 32.9 Å². The molecule has 0 saturated carbocycles. The zero-order chi connectivity index (χ0) is 10.0. The van der Waals surface area contributed by atoms with Gasteiger partial charge in [0.2, 0.25) is 0 Å². The summed E-state index contributed by atoms with van der Waals surface area (Å²) in [5.74, 6) is -0.567. The summed E-state index contributed by atoms with van der Waals surface area (Å²) < 4.78 is 12.8. The number of aromatic nitrogens is 1. The highest BCUT2D eigenvalue weighted by atomic mass is 19.1. The fourth-order valence-electron chi connectivity index (χ4n) is 1.09. The number of H-pyrrole nitrogens is 1. The van der Waals surface area contributed by atoms with Crippen LogP contribution in [0.3, 0.4) is 0 Å². The molecule has 1 aromatic heterocycles. The van der Waals surface area contributed by atoms with E-state index in [2.05, 4.69) is 18.1 Å². The molecule has 68 valence electrons. The third-order valence-electron chi connectivity index (χ3n) is 1.68. The van der Waals surface area contributed by atoms with Gasteiger partial charge in [0.1, 0.15) is 5.83 Å². The second kappa shape index (κ2) is 3.39. The van der Waals surface area contributed by atoms with Crippen LogP contribution in [0.4, 0.5) is 4.39 Å². The Morgan fingerprint density at radius 1 is 1.62 bits per heavy atom. The van der Waals surface area contributed by atoms with Gasteiger partial charge in [-0.3, -0.25) is 4.79 Å². The van der Waals surface area contributed by atoms with E-state index in [-0.39, 0.29) is 0 Å². The van der Waals surface area contributed by atoms with Crippen molar-refractivity contribution in [3.05, 3.63) is 36.2 Å². The van der Waals surface area contributed by atoms with Crippen LogP contribution in [-0.2, 0) is 0 Å². The first-order chi connectivity index (χ1) is 6.06. The maximum absolute atomic E-state index is 12.8. The molecule has 0 unspecified atom stereocenters. The summed E-state index contributed by atoms with van der Waals surface area (Å²) in [6, 6.07) is 1.42. The second-order valence-corrected chi connectivity index (χ2v) is 2.82. The average molecular weight is 179 g/mol. The van der Waals surface area contributed by atoms with Crippen molar-refractivity contribution in [1.29, 1.82) is 0 Å². The molecule has 0 aliphatic carbocycles. The van der Waals surface area contributed by atoms with Crippen molar-refractivity contribution in [2.75, 3.05) is 0 Å². The van der Waals surface area contributed by atoms with Gasteiger partial charge in [0.05, 0.1) is 11.4 Å². The van der Waals surface area contributed by atoms with Crippen molar-refractivity contribution in [3.8, 4) is 0 Å². The Balaban J connectivity index is 3.31. The first-order valence-corrected chi connectivity index (χ1v) is 3.75. The molecule has 0 aromatic carbocycles. The van der Waals surface area contributed by atoms with Gasteiger partial charge in [-0.25, -0.2) is 4.39 Å². The highest BCUT2D eigenvalue weighted by molar-refractivity contribution is 5.81. The van der Waals surface area contributed by atoms with E-state index in [0.29, 0.717) is 28.8 Å². The maximum atomic E-state index is 12.8. The van der Waals surface area contributed by atoms with E-state index >= 15 is 0 Å². The van der Waals surface area contributed by atoms with Crippen LogP contribution in [0.1, 0.15) is 28.7 Å². The number of hydrogen-bond acceptors (Lipinski definition) is 1. The molecule has 3 heteroatoms. The normalized spacial score (nSPS) is 9.69. The molecule has 1 aromatic rings. The van der Waals surface area contributed by atoms with Gasteiger partial charge in [-0.15, -0.1) is 0 Å². The number of allylic oxidation sites excluding steroid dienone is 1. The van der Waals surface area contributed by atoms with Gasteiger partial charge in [0.25, 0.3) is 0 Å². The largest absolute Gasteiger partial charge is 0.352 e. The third kappa shape index (κ3) is 1.75. The SMILES string of the molecule is C=C(F)c1cc(C=O)[nH]c1C(=C)C. The first-order valence-electron chi connectivity index (χ1n) is 3.75. The minimum Gasteiger partial charge on any atom is -0.352 e. The lowest BCUT2D eigenvalue weighted by Crippen LogP contribution is -1.84. The number of nitrogens with one attached hydrogen (secondary N) is 1. The van der Waals surface area contributed by atoms with Crippen molar-refractivity contribution in [3.63, 3.8) is 0 Å². The number of aldehydes is 1. The van der Waals surface area contributed by atoms with E-state index in [0.717, 1.165) is 0 Å². The Hall–Kier alpha value is -1.64. The number of rotatable bonds is 3. The Kier molecular flexibility index (Phi) is 2.46. The molecule has 0 aliphatic heterocycles. The Labute approximate surface area is 75.8 Å². The van der Waals surface area contributed by atoms with Crippen molar-refractivity contribution < 1.29 is 9.18 Å². The van der Waals surface area contributed by atoms with Gasteiger partial charge >= 0.3 is 0 Å². The van der Waals surface area contributed by atoms with E-state index in [9.17, 15) is 9.18 Å². The van der Waals surface area contributed by atoms with Crippen LogP contribution in [0.2, 0.25) is 0 Å². The predicted molar refractivity (Wildman–Crippen MR) is 51.0 cm³/mol. The molecular weight excluding hydrogens is 169 g/mol. The van der Waals surface area contributed by atoms with Crippen LogP contribution in [0.15, 0.2) is 19.2 Å². The molecule has 0 saturated heterocycles. The zero-order valence-electron chi connectivity index (χ0n) is 7.36. The van der Waals surface area contributed by atoms with Crippen LogP contribution in [0, 0.1) is 0 Å². The summed E-state index contributed by atoms with van der Waals surface area (Å²) in [5, 5.41) is 0. The quantitative estimate of drug-likeness (QED) is 0.711. The second-order valence-electron chi connectivity index (χ2n) is 2.82. The lowest BCUT2D eigenvalue weighted by Gasteiger charge is -1.98. The molecule has 0 bridgehead atoms. The fourth-order valence-corrected chi connectivity index (χ4v) is 1.09. The summed E-state index contributed by atoms with van der Waals surface area (Å²) >= 11 is 0. The predicted octanol–water partition coefficient (Wildman–Crippen LogP) is 2.80. The van der Waals surface area contributed by atoms with E-state index < -0.39 is 5.83 Å². The summed E-state index contributed by atoms with van der Waals surface area (Å²) in [5.41, 5.74) is 1.82. The molecule has 13 heavy (non-hydrogen) atoms. The van der Waals surface area contributed by atoms with E-state index in [1.165, 1.54) is 6.07 Å². The molecule has 0 spiro atoms. The molecule has 0 radical (unpaired) electrons. The summed E-state index contributed by atoms with van der Waals surface area (Å²) in [6.45, 7) is 8.56. The molecule has 0 aliphatic rings. The number of aromatic amines is 1. The number of hydrogen-bond donors (Lipinski definition) is 1. The average Bonchev–Trinajstić information content (AvgIpc) is 2.47. The summed E-state index contributed by atoms with van der Waals surface area (Å²) in [7, 11) is 0. The monoisotopic (exact) mass is 179 g/mol. The minimum absolute atomic E-state index is 0.301. The van der Waals surface area contributed by atoms with E-state index in [1.807, 2.05) is 0 Å². The van der Waals surface area contributed by atoms with Crippen molar-refractivity contribution in [2.45, 2.75) is 6.92 Å². The zero-order valence-corrected chi connectivity index (χ0v) is 7.36. The van der Waals surface area contributed by atoms with Crippen LogP contribution in [0.25, 0.3) is 11.4 Å². The lowest BCUT2D eigenvalue weighted by atomic mass is 10.1. The smallest absolute Gasteiger partial charge is 0.166 e. The Morgan fingerprint density at radius 3 is 2.54 bits per heavy atom. The minimum atomic E-state index is -0.567. The number of halogens is 1. The summed E-state index contributed by atoms with van der Waals surface area (Å²) in [6.07, 6.45) is 0.624. The van der Waals surface area contributed by atoms with Gasteiger partial charge in [-0.2, -0.15) is 0 Å². The van der Waals surface area contributed by atoms with Gasteiger partial charge < -0.3 is 4.98 Å². The van der Waals surface area contributed by atoms with Crippen molar-refractivity contribution in [2.24, 2.45) is 0 Å². The van der Waals surface area contributed by atoms with Crippen molar-refractivity contribution in [1.82, 2.24) is 4.98 Å². The van der Waals surface area contributed by atoms with Gasteiger partial charge in [0, 0.05) is 5.56 Å². The molecule has 0 amide bonds. The number of carbonyl (C=O) groups is 1. The highest BCUT2D eigenvalue weighted by Crippen LogP contribution is 2.24. The molecule has 0 atom stereocenters. The molecule has 1 rings (SSSR count). The van der Waals surface area contributed by atoms with Crippen LogP contribution < -0.4 is 0 Å². The fraction of sp³-hybridized carbons (Fsp3) is 0.100. The first kappa shape index (κ1) is 9.45. The van der Waals surface area contributed by atoms with Crippen molar-refractivity contribution >= 4 is 17.7 Å². The standard InChI is InChI=1S/C10H10FNO/c1-6(2)10-9(7(3)11)4-8(5-13)12-10/h4-5,12H,1,3H2,2H3. The molecule has 1 N–H and O–H groups in total. The maximum Gasteiger partial charge on any atom is 0.166 e. The van der Waals surface area contributed by atoms with Crippen LogP contribution in [-0.4, -0.2) is 11.3 Å². The van der Waals surface area contributed by atoms with Gasteiger partial charge in [-0.1, -0.05) is 13.2 Å².